The van der Waals surface area contributed by atoms with E-state index in [9.17, 15) is 5.11 Å². The van der Waals surface area contributed by atoms with E-state index in [-0.39, 0.29) is 5.75 Å². The molecule has 76 valence electrons. The van der Waals surface area contributed by atoms with Gasteiger partial charge in [0, 0.05) is 15.6 Å². The zero-order valence-electron chi connectivity index (χ0n) is 7.74. The Kier molecular flexibility index (Phi) is 2.85. The lowest BCUT2D eigenvalue weighted by atomic mass is 10.1. The van der Waals surface area contributed by atoms with Crippen LogP contribution in [0.5, 0.6) is 5.75 Å². The molecule has 0 aromatic heterocycles. The first-order chi connectivity index (χ1) is 7.16. The topological polar surface area (TPSA) is 20.2 Å². The Morgan fingerprint density at radius 2 is 1.40 bits per heavy atom. The summed E-state index contributed by atoms with van der Waals surface area (Å²) in [6.45, 7) is 0. The Bertz CT molecular complexity index is 477. The third-order valence-corrected chi connectivity index (χ3v) is 2.60. The molecule has 15 heavy (non-hydrogen) atoms. The van der Waals surface area contributed by atoms with Crippen molar-refractivity contribution in [2.24, 2.45) is 0 Å². The molecule has 0 aliphatic rings. The van der Waals surface area contributed by atoms with Crippen LogP contribution in [-0.2, 0) is 0 Å². The van der Waals surface area contributed by atoms with Gasteiger partial charge >= 0.3 is 0 Å². The summed E-state index contributed by atoms with van der Waals surface area (Å²) in [6.07, 6.45) is 0. The minimum absolute atomic E-state index is 0.171. The molecule has 0 radical (unpaired) electrons. The van der Waals surface area contributed by atoms with Crippen LogP contribution in [0.4, 0.5) is 0 Å². The second-order valence-corrected chi connectivity index (χ2v) is 4.04. The van der Waals surface area contributed by atoms with Crippen molar-refractivity contribution in [2.45, 2.75) is 0 Å². The first-order valence-electron chi connectivity index (χ1n) is 4.41. The summed E-state index contributed by atoms with van der Waals surface area (Å²) in [5.41, 5.74) is 1.66. The van der Waals surface area contributed by atoms with Gasteiger partial charge in [-0.2, -0.15) is 0 Å². The molecule has 1 N–H and O–H groups in total. The molecule has 0 atom stereocenters. The van der Waals surface area contributed by atoms with Crippen molar-refractivity contribution in [1.29, 1.82) is 0 Å². The Hall–Kier alpha value is -1.18. The first kappa shape index (κ1) is 10.3. The van der Waals surface area contributed by atoms with E-state index >= 15 is 0 Å². The molecule has 0 aliphatic carbocycles. The quantitative estimate of drug-likeness (QED) is 0.783. The highest BCUT2D eigenvalue weighted by Crippen LogP contribution is 2.31. The van der Waals surface area contributed by atoms with Crippen LogP contribution in [0.2, 0.25) is 10.0 Å². The molecule has 0 spiro atoms. The molecule has 2 aromatic rings. The highest BCUT2D eigenvalue weighted by atomic mass is 35.5. The Labute approximate surface area is 97.9 Å². The lowest BCUT2D eigenvalue weighted by Crippen LogP contribution is -1.78. The summed E-state index contributed by atoms with van der Waals surface area (Å²) in [5, 5.41) is 10.9. The summed E-state index contributed by atoms with van der Waals surface area (Å²) in [6, 6.07) is 12.3. The molecule has 2 rings (SSSR count). The summed E-state index contributed by atoms with van der Waals surface area (Å²) < 4.78 is 0. The van der Waals surface area contributed by atoms with Crippen LogP contribution in [0.25, 0.3) is 11.1 Å². The van der Waals surface area contributed by atoms with Gasteiger partial charge in [0.05, 0.1) is 0 Å². The molecular weight excluding hydrogens is 231 g/mol. The van der Waals surface area contributed by atoms with E-state index in [2.05, 4.69) is 0 Å². The van der Waals surface area contributed by atoms with Gasteiger partial charge in [-0.25, -0.2) is 0 Å². The van der Waals surface area contributed by atoms with Gasteiger partial charge in [-0.1, -0.05) is 35.3 Å². The highest BCUT2D eigenvalue weighted by Gasteiger charge is 2.04. The largest absolute Gasteiger partial charge is 0.507 e. The van der Waals surface area contributed by atoms with Crippen molar-refractivity contribution in [3.63, 3.8) is 0 Å². The maximum Gasteiger partial charge on any atom is 0.124 e. The van der Waals surface area contributed by atoms with Gasteiger partial charge in [-0.15, -0.1) is 0 Å². The molecule has 2 aromatic carbocycles. The average Bonchev–Trinajstić information content (AvgIpc) is 2.20. The molecule has 1 nitrogen and oxygen atoms in total. The minimum Gasteiger partial charge on any atom is -0.507 e. The predicted molar refractivity (Wildman–Crippen MR) is 63.6 cm³/mol. The summed E-state index contributed by atoms with van der Waals surface area (Å²) in [4.78, 5) is 0. The fourth-order valence-electron chi connectivity index (χ4n) is 1.38. The second-order valence-electron chi connectivity index (χ2n) is 3.17. The van der Waals surface area contributed by atoms with Gasteiger partial charge in [0.15, 0.2) is 0 Å². The maximum atomic E-state index is 9.70. The SMILES string of the molecule is Oc1cc(Cl)ccc1-c1ccc(Cl)cc1. The lowest BCUT2D eigenvalue weighted by molar-refractivity contribution is 0.477. The number of phenolic OH excluding ortho intramolecular Hbond substituents is 1. The number of aromatic hydroxyl groups is 1. The van der Waals surface area contributed by atoms with E-state index in [1.807, 2.05) is 12.1 Å². The van der Waals surface area contributed by atoms with E-state index in [1.54, 1.807) is 24.3 Å². The zero-order chi connectivity index (χ0) is 10.8. The van der Waals surface area contributed by atoms with Crippen molar-refractivity contribution >= 4 is 23.2 Å². The van der Waals surface area contributed by atoms with E-state index in [0.29, 0.717) is 10.0 Å². The third-order valence-electron chi connectivity index (χ3n) is 2.12. The molecule has 0 saturated heterocycles. The van der Waals surface area contributed by atoms with Crippen LogP contribution in [0.15, 0.2) is 42.5 Å². The average molecular weight is 239 g/mol. The van der Waals surface area contributed by atoms with Crippen molar-refractivity contribution in [2.75, 3.05) is 0 Å². The van der Waals surface area contributed by atoms with Gasteiger partial charge in [-0.05, 0) is 35.9 Å². The van der Waals surface area contributed by atoms with E-state index in [1.165, 1.54) is 6.07 Å². The van der Waals surface area contributed by atoms with Gasteiger partial charge < -0.3 is 5.11 Å². The molecule has 0 saturated carbocycles. The predicted octanol–water partition coefficient (Wildman–Crippen LogP) is 4.37. The van der Waals surface area contributed by atoms with Crippen molar-refractivity contribution in [3.8, 4) is 16.9 Å². The Balaban J connectivity index is 2.49. The number of benzene rings is 2. The zero-order valence-corrected chi connectivity index (χ0v) is 9.26. The lowest BCUT2D eigenvalue weighted by Gasteiger charge is -2.04. The number of hydrogen-bond donors (Lipinski definition) is 1. The Morgan fingerprint density at radius 1 is 0.800 bits per heavy atom. The molecule has 0 unspecified atom stereocenters. The minimum atomic E-state index is 0.171. The monoisotopic (exact) mass is 238 g/mol. The van der Waals surface area contributed by atoms with Gasteiger partial charge in [-0.3, -0.25) is 0 Å². The van der Waals surface area contributed by atoms with E-state index in [0.717, 1.165) is 11.1 Å². The fraction of sp³-hybridized carbons (Fsp3) is 0. The molecule has 0 heterocycles. The van der Waals surface area contributed by atoms with Crippen LogP contribution < -0.4 is 0 Å². The summed E-state index contributed by atoms with van der Waals surface area (Å²) in [7, 11) is 0. The van der Waals surface area contributed by atoms with Gasteiger partial charge in [0.2, 0.25) is 0 Å². The van der Waals surface area contributed by atoms with Crippen molar-refractivity contribution in [3.05, 3.63) is 52.5 Å². The van der Waals surface area contributed by atoms with Crippen LogP contribution in [0.1, 0.15) is 0 Å². The number of halogens is 2. The third kappa shape index (κ3) is 2.25. The molecule has 3 heteroatoms. The first-order valence-corrected chi connectivity index (χ1v) is 5.17. The van der Waals surface area contributed by atoms with Gasteiger partial charge in [0.1, 0.15) is 5.75 Å². The molecule has 0 aliphatic heterocycles. The number of hydrogen-bond acceptors (Lipinski definition) is 1. The number of phenols is 1. The number of rotatable bonds is 1. The van der Waals surface area contributed by atoms with E-state index < -0.39 is 0 Å². The van der Waals surface area contributed by atoms with Crippen LogP contribution >= 0.6 is 23.2 Å². The van der Waals surface area contributed by atoms with Crippen molar-refractivity contribution < 1.29 is 5.11 Å². The highest BCUT2D eigenvalue weighted by molar-refractivity contribution is 6.31. The molecular formula is C12H8Cl2O. The van der Waals surface area contributed by atoms with Crippen LogP contribution in [-0.4, -0.2) is 5.11 Å². The molecule has 0 bridgehead atoms. The van der Waals surface area contributed by atoms with Crippen LogP contribution in [0.3, 0.4) is 0 Å². The fourth-order valence-corrected chi connectivity index (χ4v) is 1.67. The standard InChI is InChI=1S/C12H8Cl2O/c13-9-3-1-8(2-4-9)11-6-5-10(14)7-12(11)15/h1-7,15H. The summed E-state index contributed by atoms with van der Waals surface area (Å²) in [5.74, 6) is 0.171. The molecule has 0 amide bonds. The van der Waals surface area contributed by atoms with E-state index in [4.69, 9.17) is 23.2 Å². The maximum absolute atomic E-state index is 9.70. The van der Waals surface area contributed by atoms with Crippen molar-refractivity contribution in [1.82, 2.24) is 0 Å². The smallest absolute Gasteiger partial charge is 0.124 e. The van der Waals surface area contributed by atoms with Crippen LogP contribution in [0, 0.1) is 0 Å². The molecule has 0 fully saturated rings. The summed E-state index contributed by atoms with van der Waals surface area (Å²) >= 11 is 11.5. The normalized spacial score (nSPS) is 10.3. The Morgan fingerprint density at radius 3 is 2.00 bits per heavy atom. The van der Waals surface area contributed by atoms with Gasteiger partial charge in [0.25, 0.3) is 0 Å². The second kappa shape index (κ2) is 4.13.